The van der Waals surface area contributed by atoms with Crippen LogP contribution in [-0.2, 0) is 4.74 Å². The third-order valence-electron chi connectivity index (χ3n) is 4.53. The Morgan fingerprint density at radius 2 is 2.06 bits per heavy atom. The van der Waals surface area contributed by atoms with Gasteiger partial charge >= 0.3 is 0 Å². The van der Waals surface area contributed by atoms with E-state index in [0.717, 1.165) is 32.3 Å². The molecule has 5 atom stereocenters. The highest BCUT2D eigenvalue weighted by Gasteiger charge is 2.57. The Morgan fingerprint density at radius 3 is 2.62 bits per heavy atom. The second kappa shape index (κ2) is 3.97. The van der Waals surface area contributed by atoms with Crippen LogP contribution in [0.25, 0.3) is 0 Å². The topological polar surface area (TPSA) is 49.7 Å². The zero-order valence-corrected chi connectivity index (χ0v) is 10.6. The van der Waals surface area contributed by atoms with Crippen LogP contribution in [0, 0.1) is 11.3 Å². The van der Waals surface area contributed by atoms with E-state index < -0.39 is 0 Å². The maximum atomic E-state index is 9.89. The molecule has 2 bridgehead atoms. The zero-order chi connectivity index (χ0) is 12.0. The molecule has 2 fully saturated rings. The van der Waals surface area contributed by atoms with E-state index in [1.165, 1.54) is 0 Å². The van der Waals surface area contributed by atoms with Crippen molar-refractivity contribution in [2.24, 2.45) is 11.3 Å². The molecule has 1 aliphatic heterocycles. The monoisotopic (exact) mass is 228 g/mol. The molecule has 1 aliphatic carbocycles. The molecule has 0 radical (unpaired) electrons. The Labute approximate surface area is 97.8 Å². The second-order valence-electron chi connectivity index (χ2n) is 6.30. The number of rotatable bonds is 3. The summed E-state index contributed by atoms with van der Waals surface area (Å²) >= 11 is 0. The van der Waals surface area contributed by atoms with Crippen LogP contribution in [0.5, 0.6) is 0 Å². The van der Waals surface area contributed by atoms with Crippen molar-refractivity contribution in [2.75, 3.05) is 6.61 Å². The van der Waals surface area contributed by atoms with Crippen molar-refractivity contribution in [2.45, 2.75) is 64.3 Å². The lowest BCUT2D eigenvalue weighted by Crippen LogP contribution is -2.47. The van der Waals surface area contributed by atoms with Gasteiger partial charge in [-0.15, -0.1) is 0 Å². The van der Waals surface area contributed by atoms with Crippen LogP contribution in [0.3, 0.4) is 0 Å². The number of hydrogen-bond acceptors (Lipinski definition) is 3. The summed E-state index contributed by atoms with van der Waals surface area (Å²) in [6.07, 6.45) is 2.95. The molecule has 3 nitrogen and oxygen atoms in total. The van der Waals surface area contributed by atoms with Crippen LogP contribution in [0.1, 0.15) is 46.5 Å². The second-order valence-corrected chi connectivity index (χ2v) is 6.30. The standard InChI is InChI=1S/C13H24O3/c1-9(14)4-5-11-12(2)6-10(15)7-13(11,3)16-8-12/h9-11,14-15H,4-8H2,1-3H3. The quantitative estimate of drug-likeness (QED) is 0.773. The van der Waals surface area contributed by atoms with E-state index in [0.29, 0.717) is 5.92 Å². The average molecular weight is 228 g/mol. The fourth-order valence-corrected chi connectivity index (χ4v) is 3.81. The van der Waals surface area contributed by atoms with Crippen molar-refractivity contribution < 1.29 is 14.9 Å². The van der Waals surface area contributed by atoms with Crippen LogP contribution in [-0.4, -0.2) is 34.6 Å². The van der Waals surface area contributed by atoms with Crippen LogP contribution < -0.4 is 0 Å². The zero-order valence-electron chi connectivity index (χ0n) is 10.6. The van der Waals surface area contributed by atoms with Gasteiger partial charge in [0.1, 0.15) is 0 Å². The summed E-state index contributed by atoms with van der Waals surface area (Å²) in [7, 11) is 0. The lowest BCUT2D eigenvalue weighted by molar-refractivity contribution is -0.0641. The van der Waals surface area contributed by atoms with Gasteiger partial charge in [0.2, 0.25) is 0 Å². The highest BCUT2D eigenvalue weighted by atomic mass is 16.5. The van der Waals surface area contributed by atoms with Gasteiger partial charge in [0.25, 0.3) is 0 Å². The van der Waals surface area contributed by atoms with Gasteiger partial charge in [-0.25, -0.2) is 0 Å². The number of fused-ring (bicyclic) bond motifs is 2. The first-order chi connectivity index (χ1) is 7.36. The van der Waals surface area contributed by atoms with Gasteiger partial charge in [-0.1, -0.05) is 6.92 Å². The van der Waals surface area contributed by atoms with Crippen LogP contribution >= 0.6 is 0 Å². The minimum absolute atomic E-state index is 0.0985. The van der Waals surface area contributed by atoms with Crippen LogP contribution in [0.4, 0.5) is 0 Å². The summed E-state index contributed by atoms with van der Waals surface area (Å²) in [4.78, 5) is 0. The lowest BCUT2D eigenvalue weighted by atomic mass is 9.61. The van der Waals surface area contributed by atoms with E-state index in [1.54, 1.807) is 0 Å². The summed E-state index contributed by atoms with van der Waals surface area (Å²) < 4.78 is 5.94. The predicted octanol–water partition coefficient (Wildman–Crippen LogP) is 1.71. The summed E-state index contributed by atoms with van der Waals surface area (Å²) in [6.45, 7) is 6.93. The number of ether oxygens (including phenoxy) is 1. The Kier molecular flexibility index (Phi) is 3.06. The van der Waals surface area contributed by atoms with Gasteiger partial charge in [-0.2, -0.15) is 0 Å². The molecule has 0 amide bonds. The molecule has 1 saturated heterocycles. The molecular formula is C13H24O3. The molecule has 1 saturated carbocycles. The first kappa shape index (κ1) is 12.3. The van der Waals surface area contributed by atoms with Gasteiger partial charge in [0, 0.05) is 6.42 Å². The molecule has 0 aromatic heterocycles. The predicted molar refractivity (Wildman–Crippen MR) is 62.1 cm³/mol. The van der Waals surface area contributed by atoms with Gasteiger partial charge in [-0.3, -0.25) is 0 Å². The average Bonchev–Trinajstić information content (AvgIpc) is 2.27. The molecular weight excluding hydrogens is 204 g/mol. The third-order valence-corrected chi connectivity index (χ3v) is 4.53. The van der Waals surface area contributed by atoms with Gasteiger partial charge in [0.05, 0.1) is 24.4 Å². The molecule has 2 rings (SSSR count). The van der Waals surface area contributed by atoms with Gasteiger partial charge < -0.3 is 14.9 Å². The van der Waals surface area contributed by atoms with Crippen LogP contribution in [0.15, 0.2) is 0 Å². The van der Waals surface area contributed by atoms with Crippen molar-refractivity contribution in [1.82, 2.24) is 0 Å². The summed E-state index contributed by atoms with van der Waals surface area (Å²) in [5, 5.41) is 19.3. The van der Waals surface area contributed by atoms with E-state index in [4.69, 9.17) is 4.74 Å². The van der Waals surface area contributed by atoms with E-state index in [9.17, 15) is 10.2 Å². The highest BCUT2D eigenvalue weighted by Crippen LogP contribution is 2.55. The summed E-state index contributed by atoms with van der Waals surface area (Å²) in [5.74, 6) is 0.470. The van der Waals surface area contributed by atoms with Crippen molar-refractivity contribution in [1.29, 1.82) is 0 Å². The maximum absolute atomic E-state index is 9.89. The molecule has 1 heterocycles. The van der Waals surface area contributed by atoms with Crippen molar-refractivity contribution in [3.05, 3.63) is 0 Å². The Hall–Kier alpha value is -0.120. The Bertz CT molecular complexity index is 246. The Morgan fingerprint density at radius 1 is 1.38 bits per heavy atom. The van der Waals surface area contributed by atoms with Crippen molar-refractivity contribution in [3.8, 4) is 0 Å². The number of aliphatic hydroxyl groups is 2. The van der Waals surface area contributed by atoms with E-state index in [1.807, 2.05) is 6.92 Å². The van der Waals surface area contributed by atoms with Crippen LogP contribution in [0.2, 0.25) is 0 Å². The number of hydrogen-bond donors (Lipinski definition) is 2. The smallest absolute Gasteiger partial charge is 0.0713 e. The van der Waals surface area contributed by atoms with E-state index >= 15 is 0 Å². The fourth-order valence-electron chi connectivity index (χ4n) is 3.81. The first-order valence-electron chi connectivity index (χ1n) is 6.36. The largest absolute Gasteiger partial charge is 0.393 e. The molecule has 2 N–H and O–H groups in total. The van der Waals surface area contributed by atoms with E-state index in [-0.39, 0.29) is 23.2 Å². The minimum Gasteiger partial charge on any atom is -0.393 e. The van der Waals surface area contributed by atoms with Crippen molar-refractivity contribution in [3.63, 3.8) is 0 Å². The fraction of sp³-hybridized carbons (Fsp3) is 1.00. The first-order valence-corrected chi connectivity index (χ1v) is 6.36. The molecule has 0 aromatic carbocycles. The Balaban J connectivity index is 2.11. The number of aliphatic hydroxyl groups excluding tert-OH is 2. The van der Waals surface area contributed by atoms with Gasteiger partial charge in [-0.05, 0) is 44.4 Å². The normalized spacial score (nSPS) is 49.3. The van der Waals surface area contributed by atoms with E-state index in [2.05, 4.69) is 13.8 Å². The SMILES string of the molecule is CC(O)CCC1C2(C)COC1(C)CC(O)C2. The van der Waals surface area contributed by atoms with Gasteiger partial charge in [0.15, 0.2) is 0 Å². The molecule has 5 unspecified atom stereocenters. The lowest BCUT2D eigenvalue weighted by Gasteiger charge is -2.44. The molecule has 3 heteroatoms. The van der Waals surface area contributed by atoms with Crippen molar-refractivity contribution >= 4 is 0 Å². The molecule has 0 spiro atoms. The molecule has 94 valence electrons. The third kappa shape index (κ3) is 2.01. The minimum atomic E-state index is -0.238. The summed E-state index contributed by atoms with van der Waals surface area (Å²) in [5.41, 5.74) is -0.0807. The summed E-state index contributed by atoms with van der Waals surface area (Å²) in [6, 6.07) is 0. The highest BCUT2D eigenvalue weighted by molar-refractivity contribution is 5.06. The molecule has 16 heavy (non-hydrogen) atoms. The maximum Gasteiger partial charge on any atom is 0.0713 e. The molecule has 0 aromatic rings. The molecule has 2 aliphatic rings.